The molecule has 80 valence electrons. The average Bonchev–Trinajstić information content (AvgIpc) is 2.58. The Bertz CT molecular complexity index is 417. The molecule has 0 spiro atoms. The van der Waals surface area contributed by atoms with Gasteiger partial charge in [-0.05, 0) is 24.5 Å². The molecule has 0 bridgehead atoms. The summed E-state index contributed by atoms with van der Waals surface area (Å²) in [7, 11) is 0. The van der Waals surface area contributed by atoms with Crippen LogP contribution in [0, 0.1) is 5.92 Å². The van der Waals surface area contributed by atoms with Crippen LogP contribution >= 0.6 is 0 Å². The zero-order valence-corrected chi connectivity index (χ0v) is 9.25. The van der Waals surface area contributed by atoms with Crippen LogP contribution < -0.4 is 5.32 Å². The van der Waals surface area contributed by atoms with E-state index < -0.39 is 5.72 Å². The molecule has 1 aromatic rings. The van der Waals surface area contributed by atoms with Crippen molar-refractivity contribution in [1.82, 2.24) is 0 Å². The molecule has 3 atom stereocenters. The second kappa shape index (κ2) is 2.56. The van der Waals surface area contributed by atoms with Gasteiger partial charge in [0, 0.05) is 17.0 Å². The molecule has 2 nitrogen and oxygen atoms in total. The van der Waals surface area contributed by atoms with Crippen molar-refractivity contribution >= 4 is 5.69 Å². The summed E-state index contributed by atoms with van der Waals surface area (Å²) in [6.45, 7) is 4.31. The van der Waals surface area contributed by atoms with Gasteiger partial charge in [0.05, 0.1) is 0 Å². The number of nitrogens with one attached hydrogen (secondary N) is 1. The van der Waals surface area contributed by atoms with Crippen molar-refractivity contribution in [3.05, 3.63) is 29.8 Å². The van der Waals surface area contributed by atoms with Gasteiger partial charge in [-0.1, -0.05) is 32.0 Å². The summed E-state index contributed by atoms with van der Waals surface area (Å²) < 4.78 is 0. The molecular formula is C13H17NO. The van der Waals surface area contributed by atoms with Crippen LogP contribution in [0.3, 0.4) is 0 Å². The van der Waals surface area contributed by atoms with Gasteiger partial charge >= 0.3 is 0 Å². The summed E-state index contributed by atoms with van der Waals surface area (Å²) in [5, 5.41) is 14.1. The van der Waals surface area contributed by atoms with E-state index in [1.54, 1.807) is 0 Å². The molecule has 1 aliphatic carbocycles. The summed E-state index contributed by atoms with van der Waals surface area (Å²) in [6, 6.07) is 8.27. The highest BCUT2D eigenvalue weighted by Gasteiger charge is 2.60. The third-order valence-electron chi connectivity index (χ3n) is 4.48. The predicted octanol–water partition coefficient (Wildman–Crippen LogP) is 2.49. The molecule has 2 heteroatoms. The first-order valence-electron chi connectivity index (χ1n) is 5.68. The Hall–Kier alpha value is -1.02. The van der Waals surface area contributed by atoms with Gasteiger partial charge in [-0.3, -0.25) is 0 Å². The first kappa shape index (κ1) is 9.22. The topological polar surface area (TPSA) is 32.3 Å². The Labute approximate surface area is 90.3 Å². The summed E-state index contributed by atoms with van der Waals surface area (Å²) >= 11 is 0. The minimum Gasteiger partial charge on any atom is -0.370 e. The molecule has 0 unspecified atom stereocenters. The number of rotatable bonds is 0. The number of para-hydroxylation sites is 1. The van der Waals surface area contributed by atoms with Gasteiger partial charge in [0.2, 0.25) is 0 Å². The van der Waals surface area contributed by atoms with Crippen molar-refractivity contribution in [2.75, 3.05) is 5.32 Å². The maximum atomic E-state index is 10.8. The number of benzene rings is 1. The number of hydrogen-bond donors (Lipinski definition) is 2. The van der Waals surface area contributed by atoms with Crippen molar-refractivity contribution in [3.63, 3.8) is 0 Å². The molecule has 1 saturated carbocycles. The van der Waals surface area contributed by atoms with Crippen LogP contribution in [0.25, 0.3) is 0 Å². The van der Waals surface area contributed by atoms with E-state index in [1.165, 1.54) is 5.56 Å². The molecule has 1 aromatic carbocycles. The number of fused-ring (bicyclic) bond motifs is 3. The second-order valence-electron chi connectivity index (χ2n) is 5.21. The molecular weight excluding hydrogens is 186 g/mol. The molecule has 1 heterocycles. The smallest absolute Gasteiger partial charge is 0.147 e. The molecule has 0 radical (unpaired) electrons. The van der Waals surface area contributed by atoms with E-state index in [0.717, 1.165) is 18.5 Å². The van der Waals surface area contributed by atoms with Crippen LogP contribution in [0.15, 0.2) is 24.3 Å². The lowest BCUT2D eigenvalue weighted by Gasteiger charge is -2.36. The van der Waals surface area contributed by atoms with Crippen LogP contribution in [0.2, 0.25) is 0 Å². The Morgan fingerprint density at radius 1 is 1.40 bits per heavy atom. The molecule has 1 aliphatic heterocycles. The minimum absolute atomic E-state index is 0.108. The first-order chi connectivity index (χ1) is 7.08. The van der Waals surface area contributed by atoms with Gasteiger partial charge in [-0.15, -0.1) is 0 Å². The molecule has 0 amide bonds. The van der Waals surface area contributed by atoms with Crippen molar-refractivity contribution in [1.29, 1.82) is 0 Å². The molecule has 15 heavy (non-hydrogen) atoms. The first-order valence-corrected chi connectivity index (χ1v) is 5.68. The van der Waals surface area contributed by atoms with E-state index in [0.29, 0.717) is 5.92 Å². The molecule has 0 saturated heterocycles. The van der Waals surface area contributed by atoms with E-state index in [9.17, 15) is 5.11 Å². The maximum Gasteiger partial charge on any atom is 0.147 e. The SMILES string of the molecule is C[C@@H]1CC[C@@]2(C)c3ccccc3N[C@@]12O. The second-order valence-corrected chi connectivity index (χ2v) is 5.21. The van der Waals surface area contributed by atoms with E-state index in [4.69, 9.17) is 0 Å². The molecule has 3 rings (SSSR count). The van der Waals surface area contributed by atoms with E-state index in [1.807, 2.05) is 6.07 Å². The van der Waals surface area contributed by atoms with Gasteiger partial charge in [-0.25, -0.2) is 0 Å². The lowest BCUT2D eigenvalue weighted by molar-refractivity contribution is -0.00701. The monoisotopic (exact) mass is 203 g/mol. The highest BCUT2D eigenvalue weighted by Crippen LogP contribution is 2.57. The quantitative estimate of drug-likeness (QED) is 0.679. The lowest BCUT2D eigenvalue weighted by atomic mass is 9.77. The van der Waals surface area contributed by atoms with Crippen molar-refractivity contribution in [3.8, 4) is 0 Å². The highest BCUT2D eigenvalue weighted by atomic mass is 16.3. The zero-order valence-electron chi connectivity index (χ0n) is 9.25. The summed E-state index contributed by atoms with van der Waals surface area (Å²) in [5.74, 6) is 0.315. The maximum absolute atomic E-state index is 10.8. The van der Waals surface area contributed by atoms with Gasteiger partial charge < -0.3 is 10.4 Å². The van der Waals surface area contributed by atoms with Crippen molar-refractivity contribution < 1.29 is 5.11 Å². The van der Waals surface area contributed by atoms with Crippen LogP contribution in [0.5, 0.6) is 0 Å². The van der Waals surface area contributed by atoms with Crippen LogP contribution in [0.1, 0.15) is 32.3 Å². The van der Waals surface area contributed by atoms with E-state index in [2.05, 4.69) is 37.4 Å². The summed E-state index contributed by atoms with van der Waals surface area (Å²) in [4.78, 5) is 0. The Morgan fingerprint density at radius 2 is 2.13 bits per heavy atom. The van der Waals surface area contributed by atoms with Gasteiger partial charge in [0.15, 0.2) is 0 Å². The van der Waals surface area contributed by atoms with E-state index in [-0.39, 0.29) is 5.41 Å². The van der Waals surface area contributed by atoms with Gasteiger partial charge in [0.25, 0.3) is 0 Å². The highest BCUT2D eigenvalue weighted by molar-refractivity contribution is 5.64. The third kappa shape index (κ3) is 0.888. The standard InChI is InChI=1S/C13H17NO/c1-9-7-8-12(2)10-5-3-4-6-11(10)14-13(9,12)15/h3-6,9,14-15H,7-8H2,1-2H3/t9-,12+,13-/m1/s1. The fraction of sp³-hybridized carbons (Fsp3) is 0.538. The number of aliphatic hydroxyl groups is 1. The van der Waals surface area contributed by atoms with Crippen LogP contribution in [-0.4, -0.2) is 10.8 Å². The Kier molecular flexibility index (Phi) is 1.57. The van der Waals surface area contributed by atoms with Gasteiger partial charge in [-0.2, -0.15) is 0 Å². The zero-order chi connectivity index (χ0) is 10.7. The summed E-state index contributed by atoms with van der Waals surface area (Å²) in [5.41, 5.74) is 1.53. The van der Waals surface area contributed by atoms with Crippen molar-refractivity contribution in [2.24, 2.45) is 5.92 Å². The fourth-order valence-electron chi connectivity index (χ4n) is 3.33. The molecule has 1 fully saturated rings. The summed E-state index contributed by atoms with van der Waals surface area (Å²) in [6.07, 6.45) is 2.16. The average molecular weight is 203 g/mol. The Balaban J connectivity index is 2.21. The normalized spacial score (nSPS) is 42.2. The minimum atomic E-state index is -0.739. The molecule has 0 aromatic heterocycles. The Morgan fingerprint density at radius 3 is 2.93 bits per heavy atom. The van der Waals surface area contributed by atoms with Crippen LogP contribution in [0.4, 0.5) is 5.69 Å². The van der Waals surface area contributed by atoms with Gasteiger partial charge in [0.1, 0.15) is 5.72 Å². The third-order valence-corrected chi connectivity index (χ3v) is 4.48. The van der Waals surface area contributed by atoms with E-state index >= 15 is 0 Å². The predicted molar refractivity (Wildman–Crippen MR) is 60.8 cm³/mol. The lowest BCUT2D eigenvalue weighted by Crippen LogP contribution is -2.50. The molecule has 2 aliphatic rings. The largest absolute Gasteiger partial charge is 0.370 e. The van der Waals surface area contributed by atoms with Crippen LogP contribution in [-0.2, 0) is 5.41 Å². The molecule has 2 N–H and O–H groups in total. The number of hydrogen-bond acceptors (Lipinski definition) is 2. The van der Waals surface area contributed by atoms with Crippen molar-refractivity contribution in [2.45, 2.75) is 37.8 Å². The number of anilines is 1. The fourth-order valence-corrected chi connectivity index (χ4v) is 3.33.